The molecule has 0 bridgehead atoms. The van der Waals surface area contributed by atoms with Gasteiger partial charge in [0.05, 0.1) is 27.5 Å². The molecular weight excluding hydrogens is 771 g/mol. The molecule has 0 N–H and O–H groups in total. The molecule has 5 nitrogen and oxygen atoms in total. The molecule has 0 spiro atoms. The minimum absolute atomic E-state index is 0.932. The van der Waals surface area contributed by atoms with Crippen LogP contribution in [-0.4, -0.2) is 31.6 Å². The number of hydrogen-bond donors (Lipinski definition) is 0. The van der Waals surface area contributed by atoms with Gasteiger partial charge in [0.1, 0.15) is 11.3 Å². The molecule has 6 heteroatoms. The van der Waals surface area contributed by atoms with Gasteiger partial charge in [-0.25, -0.2) is 9.97 Å². The second-order valence-electron chi connectivity index (χ2n) is 16.2. The number of imidazole rings is 1. The highest BCUT2D eigenvalue weighted by Gasteiger charge is 2.42. The molecule has 0 saturated heterocycles. The maximum Gasteiger partial charge on any atom is 0.179 e. The number of para-hydroxylation sites is 4. The van der Waals surface area contributed by atoms with Crippen LogP contribution in [0, 0.1) is 0 Å². The van der Waals surface area contributed by atoms with Crippen molar-refractivity contribution in [3.05, 3.63) is 225 Å². The number of aromatic nitrogens is 5. The van der Waals surface area contributed by atoms with Gasteiger partial charge in [0.25, 0.3) is 0 Å². The van der Waals surface area contributed by atoms with Gasteiger partial charge in [-0.2, -0.15) is 0 Å². The molecule has 0 radical (unpaired) electrons. The Balaban J connectivity index is 1.13. The fourth-order valence-corrected chi connectivity index (χ4v) is 15.3. The summed E-state index contributed by atoms with van der Waals surface area (Å²) in [5.74, 6) is 0. The Morgan fingerprint density at radius 2 is 0.919 bits per heavy atom. The Morgan fingerprint density at radius 3 is 1.65 bits per heavy atom. The summed E-state index contributed by atoms with van der Waals surface area (Å²) in [5.41, 5.74) is 8.71. The summed E-state index contributed by atoms with van der Waals surface area (Å²) < 4.78 is 7.04. The monoisotopic (exact) mass is 807 g/mol. The number of hydrogen-bond acceptors (Lipinski definition) is 2. The molecule has 13 aromatic rings. The molecule has 0 fully saturated rings. The van der Waals surface area contributed by atoms with E-state index in [1.165, 1.54) is 53.3 Å². The molecule has 13 rings (SSSR count). The van der Waals surface area contributed by atoms with Crippen LogP contribution < -0.4 is 20.7 Å². The largest absolute Gasteiger partial charge is 0.308 e. The first-order valence-corrected chi connectivity index (χ1v) is 23.2. The van der Waals surface area contributed by atoms with Gasteiger partial charge in [-0.1, -0.05) is 164 Å². The molecular formula is C56H37N5Si. The molecule has 0 amide bonds. The molecule has 0 aliphatic rings. The van der Waals surface area contributed by atoms with Crippen LogP contribution >= 0.6 is 0 Å². The normalized spacial score (nSPS) is 12.2. The number of fused-ring (bicyclic) bond motifs is 13. The van der Waals surface area contributed by atoms with Crippen LogP contribution in [0.25, 0.3) is 82.4 Å². The average molecular weight is 808 g/mol. The second kappa shape index (κ2) is 13.5. The summed E-state index contributed by atoms with van der Waals surface area (Å²) in [7, 11) is -3.02. The summed E-state index contributed by atoms with van der Waals surface area (Å²) in [4.78, 5) is 10.4. The summed E-state index contributed by atoms with van der Waals surface area (Å²) >= 11 is 0. The molecule has 0 saturated carbocycles. The van der Waals surface area contributed by atoms with E-state index in [-0.39, 0.29) is 0 Å². The summed E-state index contributed by atoms with van der Waals surface area (Å²) in [5, 5.41) is 13.4. The molecule has 0 atom stereocenters. The quantitative estimate of drug-likeness (QED) is 0.0954. The molecule has 0 unspecified atom stereocenters. The van der Waals surface area contributed by atoms with Gasteiger partial charge < -0.3 is 4.57 Å². The average Bonchev–Trinajstić information content (AvgIpc) is 4.07. The lowest BCUT2D eigenvalue weighted by atomic mass is 10.1. The minimum Gasteiger partial charge on any atom is -0.308 e. The van der Waals surface area contributed by atoms with Crippen LogP contribution in [0.3, 0.4) is 0 Å². The zero-order valence-electron chi connectivity index (χ0n) is 33.6. The van der Waals surface area contributed by atoms with E-state index < -0.39 is 8.07 Å². The maximum atomic E-state index is 5.38. The predicted molar refractivity (Wildman–Crippen MR) is 260 cm³/mol. The van der Waals surface area contributed by atoms with Crippen LogP contribution in [0.2, 0.25) is 0 Å². The van der Waals surface area contributed by atoms with Gasteiger partial charge in [0.2, 0.25) is 0 Å². The highest BCUT2D eigenvalue weighted by Crippen LogP contribution is 2.41. The number of rotatable bonds is 6. The van der Waals surface area contributed by atoms with Crippen molar-refractivity contribution in [2.75, 3.05) is 0 Å². The lowest BCUT2D eigenvalue weighted by Crippen LogP contribution is -2.74. The molecule has 0 aliphatic carbocycles. The van der Waals surface area contributed by atoms with Gasteiger partial charge in [0.15, 0.2) is 8.07 Å². The molecule has 8 aromatic carbocycles. The van der Waals surface area contributed by atoms with Crippen molar-refractivity contribution < 1.29 is 0 Å². The van der Waals surface area contributed by atoms with Gasteiger partial charge >= 0.3 is 0 Å². The van der Waals surface area contributed by atoms with E-state index in [1.54, 1.807) is 0 Å². The standard InChI is InChI=1S/C56H37N5Si/c1-4-17-38(18-5-1)60-51-29-14-11-26-46(51)49-37-58-56-53(54(49)60)47-27-12-15-30-52(47)61(56)39-19-16-24-42(35-39)62(40-20-6-2-7-21-40,41-22-8-3-9-23-41)43-31-32-44-45-25-10-13-28-50(45)59-34-33-57-55(59)48(44)36-43/h1-37H. The Bertz CT molecular complexity index is 3830. The highest BCUT2D eigenvalue weighted by atomic mass is 28.3. The van der Waals surface area contributed by atoms with Crippen molar-refractivity contribution in [3.8, 4) is 11.4 Å². The fraction of sp³-hybridized carbons (Fsp3) is 0. The van der Waals surface area contributed by atoms with Crippen molar-refractivity contribution in [3.63, 3.8) is 0 Å². The van der Waals surface area contributed by atoms with Crippen molar-refractivity contribution >= 4 is 99.9 Å². The zero-order chi connectivity index (χ0) is 40.8. The molecule has 290 valence electrons. The third kappa shape index (κ3) is 4.84. The molecule has 5 aromatic heterocycles. The SMILES string of the molecule is c1ccc(-n2c3ccccc3c3cnc4c(c5ccccc5n4-c4cccc([Si](c5ccccc5)(c5ccccc5)c5ccc6c7ccccc7n7ccnc7c6c5)c4)c32)cc1. The number of pyridine rings is 2. The zero-order valence-corrected chi connectivity index (χ0v) is 34.6. The lowest BCUT2D eigenvalue weighted by Gasteiger charge is -2.35. The first-order valence-electron chi connectivity index (χ1n) is 21.2. The van der Waals surface area contributed by atoms with E-state index >= 15 is 0 Å². The molecule has 5 heterocycles. The van der Waals surface area contributed by atoms with Crippen LogP contribution in [0.5, 0.6) is 0 Å². The maximum absolute atomic E-state index is 5.38. The van der Waals surface area contributed by atoms with Crippen molar-refractivity contribution in [2.45, 2.75) is 0 Å². The summed E-state index contributed by atoms with van der Waals surface area (Å²) in [6.07, 6.45) is 6.09. The van der Waals surface area contributed by atoms with Gasteiger partial charge in [-0.3, -0.25) is 8.97 Å². The Kier molecular flexibility index (Phi) is 7.56. The number of benzene rings is 8. The third-order valence-corrected chi connectivity index (χ3v) is 17.8. The van der Waals surface area contributed by atoms with Crippen LogP contribution in [0.4, 0.5) is 0 Å². The smallest absolute Gasteiger partial charge is 0.179 e. The van der Waals surface area contributed by atoms with E-state index in [0.29, 0.717) is 0 Å². The van der Waals surface area contributed by atoms with Gasteiger partial charge in [-0.05, 0) is 68.6 Å². The first kappa shape index (κ1) is 34.8. The van der Waals surface area contributed by atoms with Crippen molar-refractivity contribution in [1.82, 2.24) is 23.5 Å². The second-order valence-corrected chi connectivity index (χ2v) is 20.0. The molecule has 0 aliphatic heterocycles. The lowest BCUT2D eigenvalue weighted by molar-refractivity contribution is 1.14. The fourth-order valence-electron chi connectivity index (χ4n) is 10.5. The third-order valence-electron chi connectivity index (χ3n) is 13.1. The highest BCUT2D eigenvalue weighted by molar-refractivity contribution is 7.20. The number of nitrogens with zero attached hydrogens (tertiary/aromatic N) is 5. The van der Waals surface area contributed by atoms with Gasteiger partial charge in [0, 0.05) is 56.9 Å². The van der Waals surface area contributed by atoms with E-state index in [4.69, 9.17) is 9.97 Å². The van der Waals surface area contributed by atoms with Crippen molar-refractivity contribution in [1.29, 1.82) is 0 Å². The first-order chi connectivity index (χ1) is 30.8. The van der Waals surface area contributed by atoms with Crippen molar-refractivity contribution in [2.24, 2.45) is 0 Å². The van der Waals surface area contributed by atoms with E-state index in [0.717, 1.165) is 49.9 Å². The topological polar surface area (TPSA) is 40.0 Å². The van der Waals surface area contributed by atoms with E-state index in [9.17, 15) is 0 Å². The minimum atomic E-state index is -3.02. The summed E-state index contributed by atoms with van der Waals surface area (Å²) in [6.45, 7) is 0. The van der Waals surface area contributed by atoms with Crippen LogP contribution in [-0.2, 0) is 0 Å². The van der Waals surface area contributed by atoms with E-state index in [2.05, 4.69) is 232 Å². The van der Waals surface area contributed by atoms with Gasteiger partial charge in [-0.15, -0.1) is 0 Å². The Hall–Kier alpha value is -8.06. The predicted octanol–water partition coefficient (Wildman–Crippen LogP) is 10.6. The summed E-state index contributed by atoms with van der Waals surface area (Å²) in [6, 6.07) is 75.7. The molecule has 62 heavy (non-hydrogen) atoms. The van der Waals surface area contributed by atoms with Crippen LogP contribution in [0.1, 0.15) is 0 Å². The Morgan fingerprint density at radius 1 is 0.355 bits per heavy atom. The van der Waals surface area contributed by atoms with E-state index in [1.807, 2.05) is 6.20 Å². The Labute approximate surface area is 358 Å². The van der Waals surface area contributed by atoms with Crippen LogP contribution in [0.15, 0.2) is 225 Å².